The number of Topliss-reactive ketones (excluding diaryl/α,β-unsaturated/α-hetero) is 1. The van der Waals surface area contributed by atoms with Crippen LogP contribution in [0.4, 0.5) is 0 Å². The summed E-state index contributed by atoms with van der Waals surface area (Å²) in [6, 6.07) is 4.61. The molecule has 0 fully saturated rings. The van der Waals surface area contributed by atoms with E-state index in [1.54, 1.807) is 6.07 Å². The highest BCUT2D eigenvalue weighted by atomic mass is 28.4. The second-order valence-corrected chi connectivity index (χ2v) is 12.0. The van der Waals surface area contributed by atoms with E-state index in [0.29, 0.717) is 11.5 Å². The summed E-state index contributed by atoms with van der Waals surface area (Å²) in [5, 5.41) is 0.00114. The van der Waals surface area contributed by atoms with Gasteiger partial charge in [-0.3, -0.25) is 9.59 Å². The summed E-state index contributed by atoms with van der Waals surface area (Å²) in [4.78, 5) is 35.2. The Bertz CT molecular complexity index is 728. The first-order valence-electron chi connectivity index (χ1n) is 8.14. The number of methoxy groups -OCH3 is 2. The summed E-state index contributed by atoms with van der Waals surface area (Å²) >= 11 is 0. The summed E-state index contributed by atoms with van der Waals surface area (Å²) in [5.41, 5.74) is 0.156. The minimum Gasteiger partial charge on any atom is -0.541 e. The van der Waals surface area contributed by atoms with Crippen molar-refractivity contribution in [2.75, 3.05) is 14.2 Å². The van der Waals surface area contributed by atoms with Gasteiger partial charge in [-0.25, -0.2) is 4.79 Å². The van der Waals surface area contributed by atoms with Gasteiger partial charge in [0.25, 0.3) is 8.32 Å². The van der Waals surface area contributed by atoms with Crippen molar-refractivity contribution in [1.82, 2.24) is 0 Å². The maximum absolute atomic E-state index is 12.2. The number of rotatable bonds is 7. The predicted octanol–water partition coefficient (Wildman–Crippen LogP) is 3.56. The van der Waals surface area contributed by atoms with Crippen LogP contribution in [0.3, 0.4) is 0 Å². The van der Waals surface area contributed by atoms with Crippen LogP contribution in [-0.2, 0) is 14.3 Å². The zero-order valence-corrected chi connectivity index (χ0v) is 17.3. The molecule has 1 aromatic carbocycles. The van der Waals surface area contributed by atoms with Crippen molar-refractivity contribution in [2.24, 2.45) is 0 Å². The summed E-state index contributed by atoms with van der Waals surface area (Å²) < 4.78 is 15.9. The van der Waals surface area contributed by atoms with E-state index in [1.165, 1.54) is 26.4 Å². The maximum Gasteiger partial charge on any atom is 0.330 e. The zero-order chi connectivity index (χ0) is 20.1. The topological polar surface area (TPSA) is 78.9 Å². The molecule has 0 saturated heterocycles. The van der Waals surface area contributed by atoms with Gasteiger partial charge in [-0.1, -0.05) is 20.8 Å². The van der Waals surface area contributed by atoms with Crippen LogP contribution in [0, 0.1) is 0 Å². The number of hydrogen-bond acceptors (Lipinski definition) is 6. The van der Waals surface area contributed by atoms with Gasteiger partial charge >= 0.3 is 5.97 Å². The molecule has 142 valence electrons. The Labute approximate surface area is 155 Å². The Morgan fingerprint density at radius 3 is 2.12 bits per heavy atom. The molecule has 0 spiro atoms. The number of ketones is 2. The van der Waals surface area contributed by atoms with Crippen LogP contribution in [0.15, 0.2) is 30.4 Å². The summed E-state index contributed by atoms with van der Waals surface area (Å²) in [6.45, 7) is 10.6. The first kappa shape index (κ1) is 21.6. The Hall–Kier alpha value is -2.41. The minimum atomic E-state index is -2.08. The fourth-order valence-electron chi connectivity index (χ4n) is 1.75. The van der Waals surface area contributed by atoms with Crippen LogP contribution in [0.1, 0.15) is 31.1 Å². The largest absolute Gasteiger partial charge is 0.541 e. The molecule has 6 nitrogen and oxygen atoms in total. The lowest BCUT2D eigenvalue weighted by Crippen LogP contribution is -2.43. The van der Waals surface area contributed by atoms with Gasteiger partial charge in [0.1, 0.15) is 5.75 Å². The first-order chi connectivity index (χ1) is 11.9. The fraction of sp³-hybridized carbons (Fsp3) is 0.421. The monoisotopic (exact) mass is 378 g/mol. The van der Waals surface area contributed by atoms with Gasteiger partial charge in [-0.15, -0.1) is 0 Å². The molecular formula is C19H26O6Si. The summed E-state index contributed by atoms with van der Waals surface area (Å²) in [5.74, 6) is -1.36. The smallest absolute Gasteiger partial charge is 0.330 e. The SMILES string of the molecule is COC(=O)/C=C/C(=O)C(=O)c1ccc(O[Si](C)(C)C(C)(C)C)c(OC)c1. The van der Waals surface area contributed by atoms with Gasteiger partial charge in [0.2, 0.25) is 11.6 Å². The van der Waals surface area contributed by atoms with E-state index in [9.17, 15) is 14.4 Å². The highest BCUT2D eigenvalue weighted by Gasteiger charge is 2.39. The quantitative estimate of drug-likeness (QED) is 0.237. The van der Waals surface area contributed by atoms with Crippen LogP contribution >= 0.6 is 0 Å². The number of carbonyl (C=O) groups excluding carboxylic acids is 3. The standard InChI is InChI=1S/C19H26O6Si/c1-19(2,3)26(6,7)25-15-10-8-13(12-16(15)23-4)18(22)14(20)9-11-17(21)24-5/h8-12H,1-7H3/b11-9+. The van der Waals surface area contributed by atoms with Crippen molar-refractivity contribution in [3.63, 3.8) is 0 Å². The Morgan fingerprint density at radius 1 is 1.00 bits per heavy atom. The van der Waals surface area contributed by atoms with Gasteiger partial charge in [-0.05, 0) is 42.4 Å². The second kappa shape index (κ2) is 8.31. The maximum atomic E-state index is 12.2. The molecule has 7 heteroatoms. The van der Waals surface area contributed by atoms with Gasteiger partial charge in [0.05, 0.1) is 14.2 Å². The average Bonchev–Trinajstić information content (AvgIpc) is 2.57. The van der Waals surface area contributed by atoms with Crippen molar-refractivity contribution in [3.8, 4) is 11.5 Å². The lowest BCUT2D eigenvalue weighted by Gasteiger charge is -2.36. The van der Waals surface area contributed by atoms with Crippen molar-refractivity contribution >= 4 is 25.9 Å². The highest BCUT2D eigenvalue weighted by molar-refractivity contribution is 6.74. The zero-order valence-electron chi connectivity index (χ0n) is 16.3. The Balaban J connectivity index is 3.09. The lowest BCUT2D eigenvalue weighted by molar-refractivity contribution is -0.135. The van der Waals surface area contributed by atoms with Crippen LogP contribution in [0.25, 0.3) is 0 Å². The number of ether oxygens (including phenoxy) is 2. The van der Waals surface area contributed by atoms with Gasteiger partial charge in [0, 0.05) is 11.6 Å². The van der Waals surface area contributed by atoms with E-state index in [-0.39, 0.29) is 10.6 Å². The minimum absolute atomic E-state index is 0.00114. The molecule has 0 amide bonds. The number of carbonyl (C=O) groups is 3. The van der Waals surface area contributed by atoms with Crippen LogP contribution in [-0.4, -0.2) is 40.1 Å². The van der Waals surface area contributed by atoms with Gasteiger partial charge < -0.3 is 13.9 Å². The molecule has 26 heavy (non-hydrogen) atoms. The number of benzene rings is 1. The van der Waals surface area contributed by atoms with Crippen LogP contribution in [0.5, 0.6) is 11.5 Å². The van der Waals surface area contributed by atoms with Gasteiger partial charge in [-0.2, -0.15) is 0 Å². The Morgan fingerprint density at radius 2 is 1.62 bits per heavy atom. The van der Waals surface area contributed by atoms with Crippen LogP contribution < -0.4 is 9.16 Å². The van der Waals surface area contributed by atoms with Crippen molar-refractivity contribution < 1.29 is 28.3 Å². The third kappa shape index (κ3) is 5.29. The normalized spacial score (nSPS) is 12.0. The second-order valence-electron chi connectivity index (χ2n) is 7.28. The molecule has 0 heterocycles. The van der Waals surface area contributed by atoms with E-state index >= 15 is 0 Å². The number of esters is 1. The Kier molecular flexibility index (Phi) is 6.91. The molecule has 0 aromatic heterocycles. The van der Waals surface area contributed by atoms with Crippen molar-refractivity contribution in [3.05, 3.63) is 35.9 Å². The molecular weight excluding hydrogens is 352 g/mol. The number of allylic oxidation sites excluding steroid dienone is 1. The molecule has 1 aromatic rings. The third-order valence-corrected chi connectivity index (χ3v) is 8.74. The molecule has 1 rings (SSSR count). The van der Waals surface area contributed by atoms with Crippen LogP contribution in [0.2, 0.25) is 18.1 Å². The molecule has 0 bridgehead atoms. The molecule has 0 aliphatic carbocycles. The fourth-order valence-corrected chi connectivity index (χ4v) is 2.78. The molecule has 0 N–H and O–H groups in total. The van der Waals surface area contributed by atoms with E-state index in [2.05, 4.69) is 38.6 Å². The van der Waals surface area contributed by atoms with E-state index in [4.69, 9.17) is 9.16 Å². The van der Waals surface area contributed by atoms with Crippen molar-refractivity contribution in [1.29, 1.82) is 0 Å². The van der Waals surface area contributed by atoms with E-state index < -0.39 is 25.9 Å². The molecule has 0 aliphatic rings. The predicted molar refractivity (Wildman–Crippen MR) is 101 cm³/mol. The molecule has 0 unspecified atom stereocenters. The molecule has 0 aliphatic heterocycles. The molecule has 0 saturated carbocycles. The lowest BCUT2D eigenvalue weighted by atomic mass is 10.1. The highest BCUT2D eigenvalue weighted by Crippen LogP contribution is 2.40. The van der Waals surface area contributed by atoms with E-state index in [1.807, 2.05) is 0 Å². The third-order valence-electron chi connectivity index (χ3n) is 4.39. The van der Waals surface area contributed by atoms with Gasteiger partial charge in [0.15, 0.2) is 5.75 Å². The first-order valence-corrected chi connectivity index (χ1v) is 11.1. The number of hydrogen-bond donors (Lipinski definition) is 0. The summed E-state index contributed by atoms with van der Waals surface area (Å²) in [7, 11) is 0.575. The van der Waals surface area contributed by atoms with E-state index in [0.717, 1.165) is 12.2 Å². The molecule has 0 radical (unpaired) electrons. The summed E-state index contributed by atoms with van der Waals surface area (Å²) in [6.07, 6.45) is 1.80. The average molecular weight is 378 g/mol. The molecule has 0 atom stereocenters. The van der Waals surface area contributed by atoms with Crippen molar-refractivity contribution in [2.45, 2.75) is 38.9 Å².